The zero-order chi connectivity index (χ0) is 27.2. The molecule has 1 aromatic heterocycles. The van der Waals surface area contributed by atoms with E-state index >= 15 is 0 Å². The summed E-state index contributed by atoms with van der Waals surface area (Å²) >= 11 is 0. The van der Waals surface area contributed by atoms with E-state index in [0.29, 0.717) is 18.7 Å². The Morgan fingerprint density at radius 3 is 2.78 bits per heavy atom. The summed E-state index contributed by atoms with van der Waals surface area (Å²) in [5.74, 6) is -0.399. The summed E-state index contributed by atoms with van der Waals surface area (Å²) in [5, 5.41) is 20.0. The predicted molar refractivity (Wildman–Crippen MR) is 128 cm³/mol. The van der Waals surface area contributed by atoms with Gasteiger partial charge in [0.05, 0.1) is 48.5 Å². The van der Waals surface area contributed by atoms with Crippen LogP contribution in [0.4, 0.5) is 23.7 Å². The van der Waals surface area contributed by atoms with Gasteiger partial charge in [-0.05, 0) is 25.5 Å². The van der Waals surface area contributed by atoms with Crippen LogP contribution in [0, 0.1) is 5.92 Å². The molecular weight excluding hydrogens is 493 g/mol. The molecule has 0 fully saturated rings. The molecule has 3 atom stereocenters. The molecule has 37 heavy (non-hydrogen) atoms. The zero-order valence-electron chi connectivity index (χ0n) is 21.1. The van der Waals surface area contributed by atoms with Gasteiger partial charge < -0.3 is 25.0 Å². The van der Waals surface area contributed by atoms with Crippen LogP contribution in [-0.4, -0.2) is 80.7 Å². The number of aliphatic hydroxyl groups excluding tert-OH is 1. The van der Waals surface area contributed by atoms with Gasteiger partial charge in [0, 0.05) is 39.0 Å². The Morgan fingerprint density at radius 2 is 2.08 bits per heavy atom. The van der Waals surface area contributed by atoms with Crippen LogP contribution in [0.5, 0.6) is 0 Å². The molecule has 0 radical (unpaired) electrons. The van der Waals surface area contributed by atoms with Gasteiger partial charge in [-0.2, -0.15) is 13.2 Å². The quantitative estimate of drug-likeness (QED) is 0.620. The molecule has 1 aliphatic heterocycles. The van der Waals surface area contributed by atoms with Crippen molar-refractivity contribution < 1.29 is 32.6 Å². The summed E-state index contributed by atoms with van der Waals surface area (Å²) in [6, 6.07) is 3.61. The van der Waals surface area contributed by atoms with E-state index in [0.717, 1.165) is 6.07 Å². The number of hydrogen-bond acceptors (Lipinski definition) is 6. The smallest absolute Gasteiger partial charge is 0.394 e. The standard InChI is InChI=1S/C24H33F3N6O4/c1-16-12-32(17(2)14-34)22(35)9-6-10-33-18(11-28-30-33)15-37-21(16)13-31(3)23(36)29-20-8-5-4-7-19(20)24(25,26)27/h4-5,7-8,11,16-17,21,34H,6,9-10,12-15H2,1-3H3,(H,29,36)/t16-,17+,21+/m0/s1. The number of alkyl halides is 3. The minimum absolute atomic E-state index is 0.0400. The monoisotopic (exact) mass is 526 g/mol. The number of benzene rings is 1. The molecule has 0 bridgehead atoms. The molecule has 0 saturated heterocycles. The van der Waals surface area contributed by atoms with E-state index < -0.39 is 29.9 Å². The van der Waals surface area contributed by atoms with Gasteiger partial charge in [0.1, 0.15) is 0 Å². The molecule has 0 aliphatic carbocycles. The SMILES string of the molecule is C[C@H](CO)N1C[C@H](C)[C@@H](CN(C)C(=O)Nc2ccccc2C(F)(F)F)OCc2cnnn2CCCC1=O. The Hall–Kier alpha value is -3.19. The molecule has 3 rings (SSSR count). The van der Waals surface area contributed by atoms with E-state index in [2.05, 4.69) is 15.6 Å². The molecular formula is C24H33F3N6O4. The Morgan fingerprint density at radius 1 is 1.35 bits per heavy atom. The Bertz CT molecular complexity index is 1060. The van der Waals surface area contributed by atoms with E-state index in [-0.39, 0.29) is 50.2 Å². The molecule has 2 N–H and O–H groups in total. The zero-order valence-corrected chi connectivity index (χ0v) is 21.1. The highest BCUT2D eigenvalue weighted by Crippen LogP contribution is 2.34. The van der Waals surface area contributed by atoms with Crippen molar-refractivity contribution in [3.63, 3.8) is 0 Å². The number of hydrogen-bond donors (Lipinski definition) is 2. The number of fused-ring (bicyclic) bond motifs is 1. The van der Waals surface area contributed by atoms with Gasteiger partial charge in [-0.3, -0.25) is 4.79 Å². The maximum absolute atomic E-state index is 13.4. The maximum atomic E-state index is 13.4. The summed E-state index contributed by atoms with van der Waals surface area (Å²) < 4.78 is 47.9. The molecule has 204 valence electrons. The van der Waals surface area contributed by atoms with Crippen molar-refractivity contribution in [3.05, 3.63) is 41.7 Å². The van der Waals surface area contributed by atoms with Gasteiger partial charge in [-0.15, -0.1) is 5.10 Å². The van der Waals surface area contributed by atoms with Gasteiger partial charge in [0.2, 0.25) is 5.91 Å². The van der Waals surface area contributed by atoms with Crippen molar-refractivity contribution in [2.24, 2.45) is 5.92 Å². The number of nitrogens with one attached hydrogen (secondary N) is 1. The third-order valence-electron chi connectivity index (χ3n) is 6.41. The minimum atomic E-state index is -4.62. The summed E-state index contributed by atoms with van der Waals surface area (Å²) in [6.07, 6.45) is -2.82. The Labute approximate surface area is 213 Å². The number of ether oxygens (including phenoxy) is 1. The van der Waals surface area contributed by atoms with Gasteiger partial charge in [-0.1, -0.05) is 24.3 Å². The maximum Gasteiger partial charge on any atom is 0.418 e. The molecule has 1 aliphatic rings. The summed E-state index contributed by atoms with van der Waals surface area (Å²) in [7, 11) is 1.46. The first-order valence-corrected chi connectivity index (χ1v) is 12.1. The number of aromatic nitrogens is 3. The largest absolute Gasteiger partial charge is 0.418 e. The van der Waals surface area contributed by atoms with Crippen molar-refractivity contribution in [1.82, 2.24) is 24.8 Å². The highest BCUT2D eigenvalue weighted by atomic mass is 19.4. The average molecular weight is 527 g/mol. The first kappa shape index (κ1) is 28.4. The number of carbonyl (C=O) groups excluding carboxylic acids is 2. The van der Waals surface area contributed by atoms with Gasteiger partial charge >= 0.3 is 12.2 Å². The number of halogens is 3. The van der Waals surface area contributed by atoms with Gasteiger partial charge in [0.25, 0.3) is 0 Å². The van der Waals surface area contributed by atoms with Crippen molar-refractivity contribution in [1.29, 1.82) is 0 Å². The summed E-state index contributed by atoms with van der Waals surface area (Å²) in [4.78, 5) is 28.6. The molecule has 2 aromatic rings. The molecule has 10 nitrogen and oxygen atoms in total. The molecule has 3 amide bonds. The van der Waals surface area contributed by atoms with Crippen LogP contribution in [0.2, 0.25) is 0 Å². The van der Waals surface area contributed by atoms with Gasteiger partial charge in [0.15, 0.2) is 0 Å². The highest BCUT2D eigenvalue weighted by molar-refractivity contribution is 5.90. The second-order valence-electron chi connectivity index (χ2n) is 9.31. The third-order valence-corrected chi connectivity index (χ3v) is 6.41. The number of aliphatic hydroxyl groups is 1. The number of nitrogens with zero attached hydrogens (tertiary/aromatic N) is 5. The number of likely N-dealkylation sites (N-methyl/N-ethyl adjacent to an activating group) is 1. The summed E-state index contributed by atoms with van der Waals surface area (Å²) in [5.41, 5.74) is -0.583. The summed E-state index contributed by atoms with van der Waals surface area (Å²) in [6.45, 7) is 4.33. The number of anilines is 1. The second kappa shape index (κ2) is 12.4. The van der Waals surface area contributed by atoms with Crippen LogP contribution in [-0.2, 0) is 28.9 Å². The number of carbonyl (C=O) groups is 2. The number of para-hydroxylation sites is 1. The first-order chi connectivity index (χ1) is 17.5. The fourth-order valence-electron chi connectivity index (χ4n) is 4.15. The number of amides is 3. The van der Waals surface area contributed by atoms with E-state index in [1.807, 2.05) is 6.92 Å². The molecule has 0 unspecified atom stereocenters. The van der Waals surface area contributed by atoms with E-state index in [1.165, 1.54) is 30.1 Å². The number of aryl methyl sites for hydroxylation is 1. The lowest BCUT2D eigenvalue weighted by atomic mass is 10.0. The van der Waals surface area contributed by atoms with E-state index in [4.69, 9.17) is 4.74 Å². The predicted octanol–water partition coefficient (Wildman–Crippen LogP) is 2.99. The van der Waals surface area contributed by atoms with Crippen molar-refractivity contribution in [2.45, 2.75) is 58.2 Å². The topological polar surface area (TPSA) is 113 Å². The third kappa shape index (κ3) is 7.41. The van der Waals surface area contributed by atoms with Crippen LogP contribution in [0.25, 0.3) is 0 Å². The van der Waals surface area contributed by atoms with Crippen LogP contribution < -0.4 is 5.32 Å². The van der Waals surface area contributed by atoms with Crippen LogP contribution in [0.1, 0.15) is 37.9 Å². The van der Waals surface area contributed by atoms with Crippen molar-refractivity contribution >= 4 is 17.6 Å². The van der Waals surface area contributed by atoms with Gasteiger partial charge in [-0.25, -0.2) is 9.48 Å². The highest BCUT2D eigenvalue weighted by Gasteiger charge is 2.34. The Balaban J connectivity index is 1.79. The van der Waals surface area contributed by atoms with Crippen LogP contribution in [0.3, 0.4) is 0 Å². The number of rotatable bonds is 5. The van der Waals surface area contributed by atoms with E-state index in [1.54, 1.807) is 22.7 Å². The van der Waals surface area contributed by atoms with E-state index in [9.17, 15) is 27.9 Å². The first-order valence-electron chi connectivity index (χ1n) is 12.1. The van der Waals surface area contributed by atoms with Crippen molar-refractivity contribution in [3.8, 4) is 0 Å². The van der Waals surface area contributed by atoms with Crippen LogP contribution in [0.15, 0.2) is 30.5 Å². The lowest BCUT2D eigenvalue weighted by Crippen LogP contribution is -2.48. The molecule has 2 heterocycles. The lowest BCUT2D eigenvalue weighted by Gasteiger charge is -2.35. The molecule has 0 spiro atoms. The molecule has 13 heteroatoms. The number of urea groups is 1. The van der Waals surface area contributed by atoms with Crippen molar-refractivity contribution in [2.75, 3.05) is 32.1 Å². The van der Waals surface area contributed by atoms with Crippen LogP contribution >= 0.6 is 0 Å². The second-order valence-corrected chi connectivity index (χ2v) is 9.31. The minimum Gasteiger partial charge on any atom is -0.394 e. The fourth-order valence-corrected chi connectivity index (χ4v) is 4.15. The Kier molecular flexibility index (Phi) is 9.49. The normalized spacial score (nSPS) is 20.4. The fraction of sp³-hybridized carbons (Fsp3) is 0.583. The average Bonchev–Trinajstić information content (AvgIpc) is 3.30. The molecule has 1 aromatic carbocycles. The lowest BCUT2D eigenvalue weighted by molar-refractivity contribution is -0.137. The molecule has 0 saturated carbocycles.